The van der Waals surface area contributed by atoms with Gasteiger partial charge in [0.25, 0.3) is 10.1 Å². The van der Waals surface area contributed by atoms with Crippen molar-refractivity contribution in [2.24, 2.45) is 0 Å². The molecule has 0 aliphatic heterocycles. The highest BCUT2D eigenvalue weighted by Crippen LogP contribution is 2.37. The Balaban J connectivity index is 1.85. The second-order valence-corrected chi connectivity index (χ2v) is 10.7. The van der Waals surface area contributed by atoms with Crippen LogP contribution in [0.1, 0.15) is 24.6 Å². The van der Waals surface area contributed by atoms with Crippen LogP contribution in [-0.4, -0.2) is 52.7 Å². The lowest BCUT2D eigenvalue weighted by Gasteiger charge is -2.20. The molecule has 188 valence electrons. The fourth-order valence-electron chi connectivity index (χ4n) is 4.32. The molecule has 4 rings (SSSR count). The van der Waals surface area contributed by atoms with E-state index in [-0.39, 0.29) is 18.9 Å². The van der Waals surface area contributed by atoms with Gasteiger partial charge in [-0.2, -0.15) is 13.5 Å². The molecule has 4 aromatic rings. The summed E-state index contributed by atoms with van der Waals surface area (Å²) in [6.45, 7) is 2.00. The Bertz CT molecular complexity index is 1500. The average molecular weight is 526 g/mol. The SMILES string of the molecule is CCc1ccc2c(-c3cccc(Cl)c3)c(CCC(=O)N(C)CCS(=O)(=O)O)c(-c3ccccc3)nn12. The molecule has 0 aliphatic rings. The van der Waals surface area contributed by atoms with E-state index in [4.69, 9.17) is 21.3 Å². The number of rotatable bonds is 9. The van der Waals surface area contributed by atoms with Crippen molar-refractivity contribution in [2.45, 2.75) is 26.2 Å². The lowest BCUT2D eigenvalue weighted by Crippen LogP contribution is -2.31. The quantitative estimate of drug-likeness (QED) is 0.305. The van der Waals surface area contributed by atoms with E-state index in [0.717, 1.165) is 45.6 Å². The van der Waals surface area contributed by atoms with Crippen LogP contribution in [0.5, 0.6) is 0 Å². The van der Waals surface area contributed by atoms with Crippen molar-refractivity contribution in [3.63, 3.8) is 0 Å². The molecular weight excluding hydrogens is 498 g/mol. The van der Waals surface area contributed by atoms with Crippen LogP contribution in [0.15, 0.2) is 66.7 Å². The van der Waals surface area contributed by atoms with Crippen LogP contribution in [0.3, 0.4) is 0 Å². The molecule has 2 aromatic carbocycles. The Morgan fingerprint density at radius 3 is 2.44 bits per heavy atom. The standard InChI is InChI=1S/C27H28ClN3O4S/c1-3-22-12-14-24-26(20-10-7-11-21(28)18-20)23(13-15-25(32)30(2)16-17-36(33,34)35)27(29-31(22)24)19-8-5-4-6-9-19/h4-12,14,18H,3,13,15-17H2,1-2H3,(H,33,34,35). The van der Waals surface area contributed by atoms with Crippen LogP contribution < -0.4 is 0 Å². The van der Waals surface area contributed by atoms with Crippen molar-refractivity contribution in [1.29, 1.82) is 0 Å². The zero-order valence-electron chi connectivity index (χ0n) is 20.2. The van der Waals surface area contributed by atoms with Crippen molar-refractivity contribution >= 4 is 33.1 Å². The summed E-state index contributed by atoms with van der Waals surface area (Å²) in [6.07, 6.45) is 1.34. The topological polar surface area (TPSA) is 92.0 Å². The fraction of sp³-hybridized carbons (Fsp3) is 0.259. The van der Waals surface area contributed by atoms with Gasteiger partial charge in [0.05, 0.1) is 17.0 Å². The van der Waals surface area contributed by atoms with Gasteiger partial charge in [-0.3, -0.25) is 9.35 Å². The Morgan fingerprint density at radius 1 is 1.06 bits per heavy atom. The van der Waals surface area contributed by atoms with Crippen molar-refractivity contribution < 1.29 is 17.8 Å². The maximum absolute atomic E-state index is 12.9. The van der Waals surface area contributed by atoms with Crippen molar-refractivity contribution in [3.8, 4) is 22.4 Å². The molecule has 36 heavy (non-hydrogen) atoms. The van der Waals surface area contributed by atoms with Crippen LogP contribution in [0.25, 0.3) is 27.9 Å². The molecule has 0 atom stereocenters. The minimum atomic E-state index is -4.15. The third-order valence-corrected chi connectivity index (χ3v) is 7.13. The van der Waals surface area contributed by atoms with Crippen molar-refractivity contribution in [3.05, 3.63) is 83.0 Å². The predicted molar refractivity (Wildman–Crippen MR) is 143 cm³/mol. The van der Waals surface area contributed by atoms with E-state index < -0.39 is 15.9 Å². The van der Waals surface area contributed by atoms with E-state index >= 15 is 0 Å². The third kappa shape index (κ3) is 5.78. The highest BCUT2D eigenvalue weighted by molar-refractivity contribution is 7.85. The minimum absolute atomic E-state index is 0.0831. The number of carbonyl (C=O) groups is 1. The number of nitrogens with zero attached hydrogens (tertiary/aromatic N) is 3. The maximum atomic E-state index is 12.9. The van der Waals surface area contributed by atoms with Gasteiger partial charge in [0, 0.05) is 41.9 Å². The molecular formula is C27H28ClN3O4S. The first-order chi connectivity index (χ1) is 17.2. The number of amides is 1. The molecule has 0 saturated heterocycles. The van der Waals surface area contributed by atoms with Crippen LogP contribution in [0.4, 0.5) is 0 Å². The molecule has 0 spiro atoms. The number of fused-ring (bicyclic) bond motifs is 1. The van der Waals surface area contributed by atoms with Gasteiger partial charge in [-0.05, 0) is 48.2 Å². The number of aromatic nitrogens is 2. The van der Waals surface area contributed by atoms with Gasteiger partial charge in [0.15, 0.2) is 0 Å². The molecule has 0 unspecified atom stereocenters. The van der Waals surface area contributed by atoms with Gasteiger partial charge < -0.3 is 4.90 Å². The molecule has 7 nitrogen and oxygen atoms in total. The molecule has 1 N–H and O–H groups in total. The van der Waals surface area contributed by atoms with Gasteiger partial charge in [-0.25, -0.2) is 4.52 Å². The minimum Gasteiger partial charge on any atom is -0.345 e. The van der Waals surface area contributed by atoms with Crippen LogP contribution in [0, 0.1) is 0 Å². The highest BCUT2D eigenvalue weighted by Gasteiger charge is 2.22. The molecule has 0 bridgehead atoms. The van der Waals surface area contributed by atoms with Crippen molar-refractivity contribution in [1.82, 2.24) is 14.5 Å². The first-order valence-corrected chi connectivity index (χ1v) is 13.7. The predicted octanol–water partition coefficient (Wildman–Crippen LogP) is 5.16. The Labute approximate surface area is 216 Å². The summed E-state index contributed by atoms with van der Waals surface area (Å²) in [7, 11) is -2.62. The van der Waals surface area contributed by atoms with E-state index in [0.29, 0.717) is 11.4 Å². The molecule has 1 amide bonds. The van der Waals surface area contributed by atoms with Gasteiger partial charge in [0.1, 0.15) is 0 Å². The molecule has 9 heteroatoms. The number of hydrogen-bond acceptors (Lipinski definition) is 4. The van der Waals surface area contributed by atoms with Crippen LogP contribution >= 0.6 is 11.6 Å². The summed E-state index contributed by atoms with van der Waals surface area (Å²) >= 11 is 6.38. The highest BCUT2D eigenvalue weighted by atomic mass is 35.5. The zero-order chi connectivity index (χ0) is 25.9. The second kappa shape index (κ2) is 10.8. The number of carbonyl (C=O) groups excluding carboxylic acids is 1. The molecule has 0 saturated carbocycles. The number of halogens is 1. The van der Waals surface area contributed by atoms with Gasteiger partial charge >= 0.3 is 0 Å². The normalized spacial score (nSPS) is 11.7. The molecule has 2 aromatic heterocycles. The Hall–Kier alpha value is -3.20. The van der Waals surface area contributed by atoms with Gasteiger partial charge in [0.2, 0.25) is 5.91 Å². The average Bonchev–Trinajstić information content (AvgIpc) is 3.27. The summed E-state index contributed by atoms with van der Waals surface area (Å²) in [5.41, 5.74) is 6.50. The largest absolute Gasteiger partial charge is 0.345 e. The van der Waals surface area contributed by atoms with Gasteiger partial charge in [-0.1, -0.05) is 61.0 Å². The number of hydrogen-bond donors (Lipinski definition) is 1. The number of benzene rings is 2. The van der Waals surface area contributed by atoms with E-state index in [1.54, 1.807) is 0 Å². The first-order valence-electron chi connectivity index (χ1n) is 11.7. The summed E-state index contributed by atoms with van der Waals surface area (Å²) in [4.78, 5) is 14.2. The lowest BCUT2D eigenvalue weighted by molar-refractivity contribution is -0.129. The maximum Gasteiger partial charge on any atom is 0.266 e. The first kappa shape index (κ1) is 25.9. The smallest absolute Gasteiger partial charge is 0.266 e. The van der Waals surface area contributed by atoms with Crippen LogP contribution in [-0.2, 0) is 27.8 Å². The molecule has 0 radical (unpaired) electrons. The lowest BCUT2D eigenvalue weighted by atomic mass is 9.92. The third-order valence-electron chi connectivity index (χ3n) is 6.20. The summed E-state index contributed by atoms with van der Waals surface area (Å²) in [6, 6.07) is 21.6. The summed E-state index contributed by atoms with van der Waals surface area (Å²) in [5.74, 6) is -0.727. The van der Waals surface area contributed by atoms with E-state index in [2.05, 4.69) is 13.0 Å². The van der Waals surface area contributed by atoms with E-state index in [1.807, 2.05) is 65.2 Å². The van der Waals surface area contributed by atoms with Crippen molar-refractivity contribution in [2.75, 3.05) is 19.3 Å². The Kier molecular flexibility index (Phi) is 7.78. The van der Waals surface area contributed by atoms with Gasteiger partial charge in [-0.15, -0.1) is 0 Å². The molecule has 0 fully saturated rings. The molecule has 2 heterocycles. The zero-order valence-corrected chi connectivity index (χ0v) is 21.8. The monoisotopic (exact) mass is 525 g/mol. The van der Waals surface area contributed by atoms with E-state index in [1.165, 1.54) is 11.9 Å². The summed E-state index contributed by atoms with van der Waals surface area (Å²) in [5, 5.41) is 5.63. The Morgan fingerprint density at radius 2 is 1.78 bits per heavy atom. The summed E-state index contributed by atoms with van der Waals surface area (Å²) < 4.78 is 33.2. The fourth-order valence-corrected chi connectivity index (χ4v) is 5.01. The molecule has 0 aliphatic carbocycles. The number of aryl methyl sites for hydroxylation is 1. The van der Waals surface area contributed by atoms with Crippen LogP contribution in [0.2, 0.25) is 5.02 Å². The second-order valence-electron chi connectivity index (χ2n) is 8.66. The van der Waals surface area contributed by atoms with E-state index in [9.17, 15) is 13.2 Å².